The van der Waals surface area contributed by atoms with Crippen molar-refractivity contribution in [3.05, 3.63) is 90.0 Å². The number of piperidine rings is 1. The number of hydrogen-bond donors (Lipinski definition) is 2. The van der Waals surface area contributed by atoms with Crippen molar-refractivity contribution in [1.29, 1.82) is 0 Å². The molecular formula is C30H31N3O3. The first-order chi connectivity index (χ1) is 17.6. The number of carbonyl (C=O) groups is 2. The number of ether oxygens (including phenoxy) is 1. The van der Waals surface area contributed by atoms with Gasteiger partial charge in [0.15, 0.2) is 0 Å². The smallest absolute Gasteiger partial charge is 0.251 e. The second-order valence-electron chi connectivity index (χ2n) is 9.25. The minimum absolute atomic E-state index is 0.0502. The van der Waals surface area contributed by atoms with Crippen molar-refractivity contribution < 1.29 is 14.3 Å². The molecule has 1 fully saturated rings. The molecule has 0 radical (unpaired) electrons. The summed E-state index contributed by atoms with van der Waals surface area (Å²) in [5.74, 6) is 0.925. The second kappa shape index (κ2) is 10.7. The van der Waals surface area contributed by atoms with E-state index in [0.29, 0.717) is 31.5 Å². The predicted octanol–water partition coefficient (Wildman–Crippen LogP) is 5.20. The zero-order valence-electron chi connectivity index (χ0n) is 20.5. The Morgan fingerprint density at radius 3 is 2.36 bits per heavy atom. The third-order valence-electron chi connectivity index (χ3n) is 7.00. The van der Waals surface area contributed by atoms with Crippen molar-refractivity contribution in [1.82, 2.24) is 15.2 Å². The van der Waals surface area contributed by atoms with Crippen LogP contribution in [-0.2, 0) is 11.2 Å². The summed E-state index contributed by atoms with van der Waals surface area (Å²) in [6, 6.07) is 25.6. The van der Waals surface area contributed by atoms with Crippen LogP contribution in [0.5, 0.6) is 5.75 Å². The van der Waals surface area contributed by atoms with Gasteiger partial charge in [0.1, 0.15) is 5.75 Å². The molecule has 36 heavy (non-hydrogen) atoms. The van der Waals surface area contributed by atoms with Crippen LogP contribution in [0.2, 0.25) is 0 Å². The fourth-order valence-electron chi connectivity index (χ4n) is 4.99. The highest BCUT2D eigenvalue weighted by molar-refractivity contribution is 5.94. The fraction of sp³-hybridized carbons (Fsp3) is 0.267. The molecule has 1 aromatic heterocycles. The molecule has 2 amide bonds. The molecule has 0 atom stereocenters. The van der Waals surface area contributed by atoms with Gasteiger partial charge in [-0.1, -0.05) is 36.4 Å². The maximum Gasteiger partial charge on any atom is 0.251 e. The van der Waals surface area contributed by atoms with Crippen LogP contribution in [0.1, 0.15) is 35.2 Å². The van der Waals surface area contributed by atoms with Gasteiger partial charge in [0.05, 0.1) is 7.11 Å². The largest absolute Gasteiger partial charge is 0.497 e. The molecule has 1 saturated heterocycles. The van der Waals surface area contributed by atoms with Gasteiger partial charge in [0.25, 0.3) is 5.91 Å². The summed E-state index contributed by atoms with van der Waals surface area (Å²) in [7, 11) is 1.66. The molecule has 2 N–H and O–H groups in total. The molecule has 0 bridgehead atoms. The summed E-state index contributed by atoms with van der Waals surface area (Å²) < 4.78 is 5.31. The van der Waals surface area contributed by atoms with Gasteiger partial charge in [0.2, 0.25) is 5.91 Å². The van der Waals surface area contributed by atoms with Crippen LogP contribution in [-0.4, -0.2) is 47.9 Å². The average molecular weight is 482 g/mol. The average Bonchev–Trinajstić information content (AvgIpc) is 3.31. The van der Waals surface area contributed by atoms with Gasteiger partial charge in [-0.05, 0) is 72.9 Å². The van der Waals surface area contributed by atoms with Crippen molar-refractivity contribution in [3.63, 3.8) is 0 Å². The molecule has 0 unspecified atom stereocenters. The van der Waals surface area contributed by atoms with Gasteiger partial charge < -0.3 is 19.9 Å². The van der Waals surface area contributed by atoms with Crippen molar-refractivity contribution in [2.24, 2.45) is 0 Å². The lowest BCUT2D eigenvalue weighted by atomic mass is 9.99. The lowest BCUT2D eigenvalue weighted by Crippen LogP contribution is -2.46. The Kier molecular flexibility index (Phi) is 7.03. The van der Waals surface area contributed by atoms with E-state index in [4.69, 9.17) is 4.74 Å². The van der Waals surface area contributed by atoms with E-state index in [1.807, 2.05) is 71.6 Å². The second-order valence-corrected chi connectivity index (χ2v) is 9.25. The zero-order valence-corrected chi connectivity index (χ0v) is 20.5. The number of methoxy groups -OCH3 is 1. The van der Waals surface area contributed by atoms with Crippen LogP contribution in [0.15, 0.2) is 78.9 Å². The molecule has 6 nitrogen and oxygen atoms in total. The first-order valence-corrected chi connectivity index (χ1v) is 12.5. The van der Waals surface area contributed by atoms with Gasteiger partial charge in [-0.25, -0.2) is 0 Å². The number of aromatic amines is 1. The van der Waals surface area contributed by atoms with Crippen LogP contribution >= 0.6 is 0 Å². The highest BCUT2D eigenvalue weighted by atomic mass is 16.5. The van der Waals surface area contributed by atoms with Gasteiger partial charge in [0, 0.05) is 47.7 Å². The summed E-state index contributed by atoms with van der Waals surface area (Å²) in [5.41, 5.74) is 5.02. The summed E-state index contributed by atoms with van der Waals surface area (Å²) in [6.07, 6.45) is 2.66. The molecular weight excluding hydrogens is 450 g/mol. The monoisotopic (exact) mass is 481 g/mol. The van der Waals surface area contributed by atoms with Gasteiger partial charge >= 0.3 is 0 Å². The molecule has 0 aliphatic carbocycles. The number of aromatic nitrogens is 1. The Balaban J connectivity index is 1.22. The number of para-hydroxylation sites is 1. The number of rotatable bonds is 7. The lowest BCUT2D eigenvalue weighted by Gasteiger charge is -2.32. The van der Waals surface area contributed by atoms with Gasteiger partial charge in [-0.3, -0.25) is 9.59 Å². The van der Waals surface area contributed by atoms with E-state index < -0.39 is 0 Å². The molecule has 2 heterocycles. The summed E-state index contributed by atoms with van der Waals surface area (Å²) in [4.78, 5) is 31.1. The van der Waals surface area contributed by atoms with E-state index in [2.05, 4.69) is 22.4 Å². The molecule has 1 aliphatic heterocycles. The van der Waals surface area contributed by atoms with E-state index in [1.165, 1.54) is 0 Å². The Hall–Kier alpha value is -4.06. The first-order valence-electron chi connectivity index (χ1n) is 12.5. The lowest BCUT2D eigenvalue weighted by molar-refractivity contribution is -0.132. The van der Waals surface area contributed by atoms with Gasteiger partial charge in [-0.2, -0.15) is 0 Å². The maximum atomic E-state index is 13.1. The number of hydrogen-bond acceptors (Lipinski definition) is 3. The van der Waals surface area contributed by atoms with Crippen LogP contribution in [0, 0.1) is 0 Å². The van der Waals surface area contributed by atoms with E-state index in [0.717, 1.165) is 46.3 Å². The molecule has 0 spiro atoms. The number of fused-ring (bicyclic) bond motifs is 1. The minimum Gasteiger partial charge on any atom is -0.497 e. The predicted molar refractivity (Wildman–Crippen MR) is 142 cm³/mol. The maximum absolute atomic E-state index is 13.1. The molecule has 5 rings (SSSR count). The highest BCUT2D eigenvalue weighted by Crippen LogP contribution is 2.32. The number of nitrogens with zero attached hydrogens (tertiary/aromatic N) is 1. The molecule has 184 valence electrons. The number of carbonyl (C=O) groups excluding carboxylic acids is 2. The Morgan fingerprint density at radius 1 is 0.944 bits per heavy atom. The highest BCUT2D eigenvalue weighted by Gasteiger charge is 2.24. The zero-order chi connectivity index (χ0) is 24.9. The quantitative estimate of drug-likeness (QED) is 0.381. The summed E-state index contributed by atoms with van der Waals surface area (Å²) in [6.45, 7) is 1.33. The Morgan fingerprint density at radius 2 is 1.64 bits per heavy atom. The summed E-state index contributed by atoms with van der Waals surface area (Å²) >= 11 is 0. The number of nitrogens with one attached hydrogen (secondary N) is 2. The van der Waals surface area contributed by atoms with Crippen LogP contribution in [0.25, 0.3) is 22.2 Å². The third kappa shape index (κ3) is 5.13. The molecule has 0 saturated carbocycles. The van der Waals surface area contributed by atoms with Crippen molar-refractivity contribution in [3.8, 4) is 17.0 Å². The van der Waals surface area contributed by atoms with E-state index in [-0.39, 0.29) is 17.9 Å². The van der Waals surface area contributed by atoms with Crippen molar-refractivity contribution in [2.45, 2.75) is 31.7 Å². The van der Waals surface area contributed by atoms with Crippen molar-refractivity contribution in [2.75, 3.05) is 20.2 Å². The first kappa shape index (κ1) is 23.7. The molecule has 1 aliphatic rings. The van der Waals surface area contributed by atoms with Crippen LogP contribution < -0.4 is 10.1 Å². The van der Waals surface area contributed by atoms with Crippen LogP contribution in [0.3, 0.4) is 0 Å². The Bertz CT molecular complexity index is 1340. The topological polar surface area (TPSA) is 74.4 Å². The number of likely N-dealkylation sites (tertiary alicyclic amines) is 1. The number of H-pyrrole nitrogens is 1. The van der Waals surface area contributed by atoms with Gasteiger partial charge in [-0.15, -0.1) is 0 Å². The summed E-state index contributed by atoms with van der Waals surface area (Å²) in [5, 5.41) is 4.26. The van der Waals surface area contributed by atoms with Crippen molar-refractivity contribution >= 4 is 22.7 Å². The normalized spacial score (nSPS) is 14.1. The molecule has 3 aromatic carbocycles. The Labute approximate surface area is 211 Å². The van der Waals surface area contributed by atoms with E-state index in [1.54, 1.807) is 7.11 Å². The molecule has 6 heteroatoms. The third-order valence-corrected chi connectivity index (χ3v) is 7.00. The van der Waals surface area contributed by atoms with E-state index in [9.17, 15) is 9.59 Å². The fourth-order valence-corrected chi connectivity index (χ4v) is 4.99. The number of benzene rings is 3. The standard InChI is InChI=1S/C30H31N3O3/c1-36-24-13-11-21(12-14-24)29-26(25-9-5-6-10-27(25)32-29)15-16-28(34)33-19-17-23(18-20-33)31-30(35)22-7-3-2-4-8-22/h2-14,23,32H,15-20H2,1H3,(H,31,35). The number of aryl methyl sites for hydroxylation is 1. The SMILES string of the molecule is COc1ccc(-c2[nH]c3ccccc3c2CCC(=O)N2CCC(NC(=O)c3ccccc3)CC2)cc1. The minimum atomic E-state index is -0.0502. The number of amides is 2. The van der Waals surface area contributed by atoms with Crippen LogP contribution in [0.4, 0.5) is 0 Å². The van der Waals surface area contributed by atoms with E-state index >= 15 is 0 Å². The molecule has 4 aromatic rings.